The zero-order valence-corrected chi connectivity index (χ0v) is 14.3. The fraction of sp³-hybridized carbons (Fsp3) is 0.0526. The van der Waals surface area contributed by atoms with Gasteiger partial charge in [-0.3, -0.25) is 9.78 Å². The van der Waals surface area contributed by atoms with Crippen molar-refractivity contribution in [3.63, 3.8) is 0 Å². The number of benzene rings is 2. The Morgan fingerprint density at radius 3 is 2.77 bits per heavy atom. The highest BCUT2D eigenvalue weighted by molar-refractivity contribution is 6.30. The summed E-state index contributed by atoms with van der Waals surface area (Å²) in [5.74, 6) is 0.369. The normalized spacial score (nSPS) is 10.8. The lowest BCUT2D eigenvalue weighted by Gasteiger charge is -2.03. The molecule has 1 N–H and O–H groups in total. The molecule has 0 saturated heterocycles. The third-order valence-electron chi connectivity index (χ3n) is 3.76. The summed E-state index contributed by atoms with van der Waals surface area (Å²) in [7, 11) is 0. The Bertz CT molecular complexity index is 1080. The summed E-state index contributed by atoms with van der Waals surface area (Å²) in [5, 5.41) is 12.3. The molecule has 128 valence electrons. The van der Waals surface area contributed by atoms with Crippen LogP contribution in [-0.2, 0) is 11.2 Å². The summed E-state index contributed by atoms with van der Waals surface area (Å²) in [5.41, 5.74) is 2.32. The first-order chi connectivity index (χ1) is 12.7. The molecule has 0 atom stereocenters. The number of anilines is 1. The van der Waals surface area contributed by atoms with Crippen molar-refractivity contribution < 1.29 is 9.21 Å². The number of carbonyl (C=O) groups excluding carboxylic acids is 1. The summed E-state index contributed by atoms with van der Waals surface area (Å²) in [6.07, 6.45) is 1.73. The Balaban J connectivity index is 1.48. The molecule has 6 nitrogen and oxygen atoms in total. The molecule has 2 aromatic heterocycles. The molecule has 1 amide bonds. The molecule has 0 radical (unpaired) electrons. The third-order valence-corrected chi connectivity index (χ3v) is 4.01. The zero-order chi connectivity index (χ0) is 17.9. The van der Waals surface area contributed by atoms with Crippen molar-refractivity contribution in [1.29, 1.82) is 0 Å². The van der Waals surface area contributed by atoms with Crippen LogP contribution in [0.5, 0.6) is 0 Å². The number of rotatable bonds is 4. The van der Waals surface area contributed by atoms with E-state index in [1.54, 1.807) is 30.5 Å². The smallest absolute Gasteiger partial charge is 0.247 e. The Labute approximate surface area is 153 Å². The van der Waals surface area contributed by atoms with Crippen molar-refractivity contribution in [3.8, 4) is 11.5 Å². The molecule has 0 bridgehead atoms. The molecule has 4 aromatic rings. The van der Waals surface area contributed by atoms with Crippen LogP contribution in [0.4, 0.5) is 5.69 Å². The van der Waals surface area contributed by atoms with Gasteiger partial charge in [0.2, 0.25) is 17.7 Å². The Hall–Kier alpha value is -3.25. The number of carbonyl (C=O) groups is 1. The maximum Gasteiger partial charge on any atom is 0.247 e. The number of pyridine rings is 1. The highest BCUT2D eigenvalue weighted by Gasteiger charge is 2.13. The molecule has 0 unspecified atom stereocenters. The predicted octanol–water partition coefficient (Wildman–Crippen LogP) is 4.12. The number of aromatic nitrogens is 3. The lowest BCUT2D eigenvalue weighted by Crippen LogP contribution is -2.14. The SMILES string of the molecule is O=C(Cc1nnc(-c2ccc3ncccc3c2)o1)Nc1ccc(Cl)cc1. The van der Waals surface area contributed by atoms with E-state index in [4.69, 9.17) is 16.0 Å². The summed E-state index contributed by atoms with van der Waals surface area (Å²) in [6.45, 7) is 0. The van der Waals surface area contributed by atoms with E-state index in [9.17, 15) is 4.79 Å². The van der Waals surface area contributed by atoms with Crippen LogP contribution in [0.2, 0.25) is 5.02 Å². The first kappa shape index (κ1) is 16.2. The van der Waals surface area contributed by atoms with Crippen molar-refractivity contribution in [2.24, 2.45) is 0 Å². The summed E-state index contributed by atoms with van der Waals surface area (Å²) < 4.78 is 5.62. The summed E-state index contributed by atoms with van der Waals surface area (Å²) >= 11 is 5.83. The first-order valence-corrected chi connectivity index (χ1v) is 8.28. The molecule has 0 aliphatic heterocycles. The van der Waals surface area contributed by atoms with Crippen LogP contribution in [0.1, 0.15) is 5.89 Å². The van der Waals surface area contributed by atoms with E-state index in [-0.39, 0.29) is 18.2 Å². The average Bonchev–Trinajstić information content (AvgIpc) is 3.11. The van der Waals surface area contributed by atoms with Gasteiger partial charge in [-0.15, -0.1) is 10.2 Å². The molecule has 4 rings (SSSR count). The highest BCUT2D eigenvalue weighted by Crippen LogP contribution is 2.22. The molecule has 0 fully saturated rings. The van der Waals surface area contributed by atoms with Gasteiger partial charge in [0.25, 0.3) is 0 Å². The molecule has 0 aliphatic carbocycles. The molecule has 0 saturated carbocycles. The van der Waals surface area contributed by atoms with Gasteiger partial charge in [-0.05, 0) is 48.5 Å². The topological polar surface area (TPSA) is 80.9 Å². The lowest BCUT2D eigenvalue weighted by atomic mass is 10.1. The number of halogens is 1. The molecule has 26 heavy (non-hydrogen) atoms. The monoisotopic (exact) mass is 364 g/mol. The predicted molar refractivity (Wildman–Crippen MR) is 98.8 cm³/mol. The second kappa shape index (κ2) is 6.93. The van der Waals surface area contributed by atoms with E-state index in [0.29, 0.717) is 16.6 Å². The standard InChI is InChI=1S/C19H13ClN4O2/c20-14-4-6-15(7-5-14)22-17(25)11-18-23-24-19(26-18)13-3-8-16-12(10-13)2-1-9-21-16/h1-10H,11H2,(H,22,25). The largest absolute Gasteiger partial charge is 0.420 e. The highest BCUT2D eigenvalue weighted by atomic mass is 35.5. The first-order valence-electron chi connectivity index (χ1n) is 7.90. The molecule has 2 aromatic carbocycles. The van der Waals surface area contributed by atoms with Gasteiger partial charge in [0.05, 0.1) is 5.52 Å². The van der Waals surface area contributed by atoms with Gasteiger partial charge < -0.3 is 9.73 Å². The van der Waals surface area contributed by atoms with Crippen LogP contribution in [0.15, 0.2) is 65.2 Å². The number of amides is 1. The Kier molecular flexibility index (Phi) is 4.33. The molecular formula is C19H13ClN4O2. The fourth-order valence-corrected chi connectivity index (χ4v) is 2.65. The number of hydrogen-bond acceptors (Lipinski definition) is 5. The van der Waals surface area contributed by atoms with Crippen LogP contribution in [0.25, 0.3) is 22.4 Å². The van der Waals surface area contributed by atoms with Crippen molar-refractivity contribution in [2.75, 3.05) is 5.32 Å². The van der Waals surface area contributed by atoms with Crippen molar-refractivity contribution >= 4 is 34.1 Å². The number of nitrogens with one attached hydrogen (secondary N) is 1. The van der Waals surface area contributed by atoms with E-state index in [0.717, 1.165) is 16.5 Å². The maximum atomic E-state index is 12.1. The van der Waals surface area contributed by atoms with Gasteiger partial charge in [0.1, 0.15) is 6.42 Å². The quantitative estimate of drug-likeness (QED) is 0.589. The fourth-order valence-electron chi connectivity index (χ4n) is 2.53. The van der Waals surface area contributed by atoms with Gasteiger partial charge in [-0.25, -0.2) is 0 Å². The molecule has 2 heterocycles. The van der Waals surface area contributed by atoms with Gasteiger partial charge in [0, 0.05) is 27.9 Å². The van der Waals surface area contributed by atoms with E-state index in [1.165, 1.54) is 0 Å². The molecular weight excluding hydrogens is 352 g/mol. The maximum absolute atomic E-state index is 12.1. The molecule has 0 aliphatic rings. The number of nitrogens with zero attached hydrogens (tertiary/aromatic N) is 3. The molecule has 0 spiro atoms. The van der Waals surface area contributed by atoms with E-state index in [2.05, 4.69) is 20.5 Å². The van der Waals surface area contributed by atoms with Gasteiger partial charge in [-0.2, -0.15) is 0 Å². The minimum absolute atomic E-state index is 0.00916. The van der Waals surface area contributed by atoms with Crippen molar-refractivity contribution in [1.82, 2.24) is 15.2 Å². The van der Waals surface area contributed by atoms with Crippen molar-refractivity contribution in [2.45, 2.75) is 6.42 Å². The minimum atomic E-state index is -0.245. The summed E-state index contributed by atoms with van der Waals surface area (Å²) in [4.78, 5) is 16.4. The molecule has 7 heteroatoms. The lowest BCUT2D eigenvalue weighted by molar-refractivity contribution is -0.115. The second-order valence-corrected chi connectivity index (χ2v) is 6.08. The van der Waals surface area contributed by atoms with Crippen LogP contribution >= 0.6 is 11.6 Å². The van der Waals surface area contributed by atoms with Gasteiger partial charge in [0.15, 0.2) is 0 Å². The average molecular weight is 365 g/mol. The van der Waals surface area contributed by atoms with Crippen LogP contribution < -0.4 is 5.32 Å². The summed E-state index contributed by atoms with van der Waals surface area (Å²) in [6, 6.07) is 16.4. The minimum Gasteiger partial charge on any atom is -0.420 e. The van der Waals surface area contributed by atoms with Gasteiger partial charge in [-0.1, -0.05) is 17.7 Å². The van der Waals surface area contributed by atoms with E-state index >= 15 is 0 Å². The number of hydrogen-bond donors (Lipinski definition) is 1. The second-order valence-electron chi connectivity index (χ2n) is 5.64. The Morgan fingerprint density at radius 2 is 1.92 bits per heavy atom. The Morgan fingerprint density at radius 1 is 1.08 bits per heavy atom. The van der Waals surface area contributed by atoms with Crippen LogP contribution in [0, 0.1) is 0 Å². The van der Waals surface area contributed by atoms with E-state index in [1.807, 2.05) is 30.3 Å². The third kappa shape index (κ3) is 3.55. The van der Waals surface area contributed by atoms with Crippen LogP contribution in [0.3, 0.4) is 0 Å². The van der Waals surface area contributed by atoms with Gasteiger partial charge >= 0.3 is 0 Å². The van der Waals surface area contributed by atoms with Crippen LogP contribution in [-0.4, -0.2) is 21.1 Å². The van der Waals surface area contributed by atoms with E-state index < -0.39 is 0 Å². The zero-order valence-electron chi connectivity index (χ0n) is 13.5. The van der Waals surface area contributed by atoms with Crippen molar-refractivity contribution in [3.05, 3.63) is 71.7 Å². The number of fused-ring (bicyclic) bond motifs is 1.